The lowest BCUT2D eigenvalue weighted by atomic mass is 10.1. The summed E-state index contributed by atoms with van der Waals surface area (Å²) in [5, 5.41) is 11.2. The molecular weight excluding hydrogens is 476 g/mol. The molecule has 0 atom stereocenters. The molecule has 0 fully saturated rings. The predicted molar refractivity (Wildman–Crippen MR) is 123 cm³/mol. The van der Waals surface area contributed by atoms with E-state index in [4.69, 9.17) is 9.47 Å². The third kappa shape index (κ3) is 4.76. The van der Waals surface area contributed by atoms with Gasteiger partial charge in [0.25, 0.3) is 5.69 Å². The number of nitro groups is 1. The monoisotopic (exact) mass is 492 g/mol. The highest BCUT2D eigenvalue weighted by Gasteiger charge is 2.26. The van der Waals surface area contributed by atoms with Crippen LogP contribution in [0.4, 0.5) is 5.69 Å². The Kier molecular flexibility index (Phi) is 6.13. The molecule has 1 heterocycles. The van der Waals surface area contributed by atoms with E-state index in [0.29, 0.717) is 29.0 Å². The van der Waals surface area contributed by atoms with Crippen LogP contribution in [-0.2, 0) is 16.1 Å². The van der Waals surface area contributed by atoms with Crippen LogP contribution in [0.25, 0.3) is 6.08 Å². The number of aliphatic imine (C=N–C) groups is 1. The van der Waals surface area contributed by atoms with Gasteiger partial charge in [0.2, 0.25) is 5.90 Å². The molecule has 0 saturated carbocycles. The Morgan fingerprint density at radius 1 is 1.12 bits per heavy atom. The molecule has 0 unspecified atom stereocenters. The molecule has 0 aromatic heterocycles. The van der Waals surface area contributed by atoms with Crippen molar-refractivity contribution < 1.29 is 19.2 Å². The van der Waals surface area contributed by atoms with E-state index in [1.54, 1.807) is 37.3 Å². The van der Waals surface area contributed by atoms with Crippen molar-refractivity contribution in [3.63, 3.8) is 0 Å². The molecule has 1 aliphatic rings. The van der Waals surface area contributed by atoms with Crippen molar-refractivity contribution >= 4 is 39.6 Å². The van der Waals surface area contributed by atoms with Crippen LogP contribution in [0.5, 0.6) is 5.75 Å². The Hall–Kier alpha value is -3.78. The van der Waals surface area contributed by atoms with Crippen molar-refractivity contribution in [3.8, 4) is 5.75 Å². The van der Waals surface area contributed by atoms with E-state index < -0.39 is 10.9 Å². The minimum Gasteiger partial charge on any atom is -0.488 e. The summed E-state index contributed by atoms with van der Waals surface area (Å²) in [5.41, 5.74) is 2.54. The first-order valence-electron chi connectivity index (χ1n) is 9.65. The zero-order valence-corrected chi connectivity index (χ0v) is 18.5. The van der Waals surface area contributed by atoms with Crippen molar-refractivity contribution in [1.29, 1.82) is 0 Å². The normalized spacial score (nSPS) is 14.2. The molecule has 0 amide bonds. The van der Waals surface area contributed by atoms with Crippen LogP contribution in [0.3, 0.4) is 0 Å². The van der Waals surface area contributed by atoms with Crippen molar-refractivity contribution in [1.82, 2.24) is 0 Å². The van der Waals surface area contributed by atoms with Gasteiger partial charge in [0, 0.05) is 27.2 Å². The topological polar surface area (TPSA) is 91.0 Å². The number of halogens is 1. The van der Waals surface area contributed by atoms with Crippen LogP contribution in [-0.4, -0.2) is 16.8 Å². The summed E-state index contributed by atoms with van der Waals surface area (Å²) >= 11 is 3.44. The van der Waals surface area contributed by atoms with Gasteiger partial charge < -0.3 is 9.47 Å². The molecule has 160 valence electrons. The van der Waals surface area contributed by atoms with Crippen molar-refractivity contribution in [2.45, 2.75) is 13.5 Å². The number of rotatable bonds is 6. The summed E-state index contributed by atoms with van der Waals surface area (Å²) in [7, 11) is 0. The predicted octanol–water partition coefficient (Wildman–Crippen LogP) is 5.59. The van der Waals surface area contributed by atoms with Crippen LogP contribution in [0.1, 0.15) is 22.3 Å². The largest absolute Gasteiger partial charge is 0.488 e. The number of nitrogens with zero attached hydrogens (tertiary/aromatic N) is 2. The van der Waals surface area contributed by atoms with Crippen molar-refractivity contribution in [2.75, 3.05) is 0 Å². The van der Waals surface area contributed by atoms with E-state index in [0.717, 1.165) is 10.0 Å². The molecular formula is C24H17BrN2O5. The maximum Gasteiger partial charge on any atom is 0.363 e. The molecule has 32 heavy (non-hydrogen) atoms. The van der Waals surface area contributed by atoms with E-state index in [2.05, 4.69) is 20.9 Å². The third-order valence-electron chi connectivity index (χ3n) is 4.77. The maximum absolute atomic E-state index is 12.4. The van der Waals surface area contributed by atoms with E-state index in [1.807, 2.05) is 36.4 Å². The van der Waals surface area contributed by atoms with Gasteiger partial charge in [0.05, 0.1) is 4.92 Å². The average Bonchev–Trinajstić information content (AvgIpc) is 3.13. The van der Waals surface area contributed by atoms with Gasteiger partial charge in [-0.1, -0.05) is 52.3 Å². The number of para-hydroxylation sites is 1. The number of hydrogen-bond acceptors (Lipinski definition) is 6. The van der Waals surface area contributed by atoms with Crippen molar-refractivity contribution in [3.05, 3.63) is 109 Å². The highest BCUT2D eigenvalue weighted by atomic mass is 79.9. The molecule has 1 aliphatic heterocycles. The van der Waals surface area contributed by atoms with E-state index in [-0.39, 0.29) is 17.3 Å². The van der Waals surface area contributed by atoms with Gasteiger partial charge in [-0.15, -0.1) is 0 Å². The minimum absolute atomic E-state index is 0.0249. The lowest BCUT2D eigenvalue weighted by Gasteiger charge is -2.09. The van der Waals surface area contributed by atoms with Gasteiger partial charge in [0.15, 0.2) is 5.70 Å². The molecule has 4 rings (SSSR count). The fraction of sp³-hybridized carbons (Fsp3) is 0.0833. The SMILES string of the molecule is Cc1ccc(C2=N/C(=C\c3ccccc3OCc3cccc(Br)c3)C(=O)O2)cc1[N+](=O)[O-]. The molecule has 3 aromatic rings. The molecule has 0 N–H and O–H groups in total. The molecule has 0 bridgehead atoms. The first kappa shape index (κ1) is 21.5. The molecule has 8 heteroatoms. The summed E-state index contributed by atoms with van der Waals surface area (Å²) in [6.45, 7) is 1.99. The second-order valence-corrected chi connectivity index (χ2v) is 7.97. The fourth-order valence-electron chi connectivity index (χ4n) is 3.14. The number of esters is 1. The van der Waals surface area contributed by atoms with Gasteiger partial charge >= 0.3 is 5.97 Å². The van der Waals surface area contributed by atoms with Gasteiger partial charge in [-0.3, -0.25) is 10.1 Å². The van der Waals surface area contributed by atoms with Crippen molar-refractivity contribution in [2.24, 2.45) is 4.99 Å². The van der Waals surface area contributed by atoms with Gasteiger partial charge in [0.1, 0.15) is 12.4 Å². The minimum atomic E-state index is -0.634. The lowest BCUT2D eigenvalue weighted by molar-refractivity contribution is -0.385. The Labute approximate surface area is 192 Å². The maximum atomic E-state index is 12.4. The van der Waals surface area contributed by atoms with Crippen LogP contribution >= 0.6 is 15.9 Å². The second-order valence-electron chi connectivity index (χ2n) is 7.05. The molecule has 3 aromatic carbocycles. The number of aryl methyl sites for hydroxylation is 1. The standard InChI is InChI=1S/C24H17BrN2O5/c1-15-9-10-18(13-21(15)27(29)30)23-26-20(24(28)32-23)12-17-6-2-3-8-22(17)31-14-16-5-4-7-19(25)11-16/h2-13H,14H2,1H3/b20-12-. The average molecular weight is 493 g/mol. The van der Waals surface area contributed by atoms with Crippen LogP contribution in [0.15, 0.2) is 81.9 Å². The number of cyclic esters (lactones) is 1. The zero-order valence-electron chi connectivity index (χ0n) is 16.9. The molecule has 7 nitrogen and oxygen atoms in total. The van der Waals surface area contributed by atoms with Gasteiger partial charge in [-0.05, 0) is 42.8 Å². The number of nitro benzene ring substituents is 1. The number of carbonyl (C=O) groups excluding carboxylic acids is 1. The summed E-state index contributed by atoms with van der Waals surface area (Å²) < 4.78 is 12.2. The Balaban J connectivity index is 1.60. The van der Waals surface area contributed by atoms with Crippen LogP contribution in [0, 0.1) is 17.0 Å². The van der Waals surface area contributed by atoms with Gasteiger partial charge in [-0.2, -0.15) is 0 Å². The Morgan fingerprint density at radius 3 is 2.72 bits per heavy atom. The second kappa shape index (κ2) is 9.15. The highest BCUT2D eigenvalue weighted by molar-refractivity contribution is 9.10. The van der Waals surface area contributed by atoms with E-state index >= 15 is 0 Å². The van der Waals surface area contributed by atoms with E-state index in [9.17, 15) is 14.9 Å². The van der Waals surface area contributed by atoms with Crippen LogP contribution in [0.2, 0.25) is 0 Å². The molecule has 0 radical (unpaired) electrons. The van der Waals surface area contributed by atoms with E-state index in [1.165, 1.54) is 6.07 Å². The first-order chi connectivity index (χ1) is 15.4. The number of ether oxygens (including phenoxy) is 2. The zero-order chi connectivity index (χ0) is 22.7. The molecule has 0 saturated heterocycles. The Morgan fingerprint density at radius 2 is 1.94 bits per heavy atom. The smallest absolute Gasteiger partial charge is 0.363 e. The summed E-state index contributed by atoms with van der Waals surface area (Å²) in [5.74, 6) is -0.0238. The first-order valence-corrected chi connectivity index (χ1v) is 10.4. The highest BCUT2D eigenvalue weighted by Crippen LogP contribution is 2.27. The van der Waals surface area contributed by atoms with Crippen LogP contribution < -0.4 is 4.74 Å². The fourth-order valence-corrected chi connectivity index (χ4v) is 3.58. The summed E-state index contributed by atoms with van der Waals surface area (Å²) in [6, 6.07) is 19.6. The Bertz CT molecular complexity index is 1280. The van der Waals surface area contributed by atoms with Gasteiger partial charge in [-0.25, -0.2) is 9.79 Å². The third-order valence-corrected chi connectivity index (χ3v) is 5.26. The number of carbonyl (C=O) groups is 1. The quantitative estimate of drug-likeness (QED) is 0.193. The summed E-state index contributed by atoms with van der Waals surface area (Å²) in [6.07, 6.45) is 1.58. The molecule has 0 aliphatic carbocycles. The lowest BCUT2D eigenvalue weighted by Crippen LogP contribution is -2.06. The number of benzene rings is 3. The number of hydrogen-bond donors (Lipinski definition) is 0. The molecule has 0 spiro atoms. The summed E-state index contributed by atoms with van der Waals surface area (Å²) in [4.78, 5) is 27.4.